The van der Waals surface area contributed by atoms with E-state index in [-0.39, 0.29) is 11.9 Å². The van der Waals surface area contributed by atoms with Crippen LogP contribution in [0, 0.1) is 0 Å². The molecule has 0 bridgehead atoms. The van der Waals surface area contributed by atoms with Crippen LogP contribution in [0.15, 0.2) is 46.7 Å². The highest BCUT2D eigenvalue weighted by Gasteiger charge is 2.34. The van der Waals surface area contributed by atoms with Gasteiger partial charge in [-0.2, -0.15) is 5.10 Å². The van der Waals surface area contributed by atoms with E-state index < -0.39 is 0 Å². The number of aromatic nitrogens is 6. The smallest absolute Gasteiger partial charge is 0.276 e. The van der Waals surface area contributed by atoms with E-state index in [4.69, 9.17) is 4.52 Å². The van der Waals surface area contributed by atoms with E-state index in [9.17, 15) is 4.79 Å². The number of carbonyl (C=O) groups is 1. The lowest BCUT2D eigenvalue weighted by Gasteiger charge is -2.21. The third-order valence-electron chi connectivity index (χ3n) is 4.62. The van der Waals surface area contributed by atoms with E-state index in [0.29, 0.717) is 35.3 Å². The van der Waals surface area contributed by atoms with Crippen molar-refractivity contribution in [2.75, 3.05) is 6.54 Å². The maximum Gasteiger partial charge on any atom is 0.276 e. The van der Waals surface area contributed by atoms with E-state index in [1.54, 1.807) is 29.6 Å². The Kier molecular flexibility index (Phi) is 4.17. The number of nitrogens with one attached hydrogen (secondary N) is 1. The molecule has 1 unspecified atom stereocenters. The number of H-pyrrole nitrogens is 1. The zero-order valence-corrected chi connectivity index (χ0v) is 15.5. The normalized spacial score (nSPS) is 16.6. The van der Waals surface area contributed by atoms with Crippen LogP contribution in [0.25, 0.3) is 22.2 Å². The van der Waals surface area contributed by atoms with Gasteiger partial charge in [-0.15, -0.1) is 11.3 Å². The van der Waals surface area contributed by atoms with Crippen molar-refractivity contribution in [2.45, 2.75) is 18.9 Å². The molecule has 0 aliphatic carbocycles. The van der Waals surface area contributed by atoms with Gasteiger partial charge in [0, 0.05) is 25.0 Å². The first kappa shape index (κ1) is 16.8. The molecule has 0 aromatic carbocycles. The number of hydrogen-bond donors (Lipinski definition) is 1. The van der Waals surface area contributed by atoms with Crippen molar-refractivity contribution in [3.8, 4) is 22.2 Å². The van der Waals surface area contributed by atoms with Gasteiger partial charge in [0.2, 0.25) is 5.82 Å². The quantitative estimate of drug-likeness (QED) is 0.567. The van der Waals surface area contributed by atoms with Crippen LogP contribution in [0.4, 0.5) is 0 Å². The first-order valence-corrected chi connectivity index (χ1v) is 9.68. The van der Waals surface area contributed by atoms with Crippen molar-refractivity contribution in [3.05, 3.63) is 53.7 Å². The van der Waals surface area contributed by atoms with Crippen LogP contribution in [0.1, 0.15) is 35.2 Å². The number of likely N-dealkylation sites (tertiary alicyclic amines) is 1. The summed E-state index contributed by atoms with van der Waals surface area (Å²) < 4.78 is 5.35. The minimum atomic E-state index is -0.188. The lowest BCUT2D eigenvalue weighted by molar-refractivity contribution is 0.0719. The van der Waals surface area contributed by atoms with Crippen LogP contribution in [-0.4, -0.2) is 47.7 Å². The van der Waals surface area contributed by atoms with Gasteiger partial charge in [0.1, 0.15) is 11.5 Å². The molecule has 140 valence electrons. The van der Waals surface area contributed by atoms with Gasteiger partial charge in [0.05, 0.1) is 17.1 Å². The van der Waals surface area contributed by atoms with Crippen molar-refractivity contribution in [2.24, 2.45) is 0 Å². The van der Waals surface area contributed by atoms with Gasteiger partial charge < -0.3 is 9.42 Å². The van der Waals surface area contributed by atoms with E-state index in [2.05, 4.69) is 30.3 Å². The average molecular weight is 393 g/mol. The van der Waals surface area contributed by atoms with Gasteiger partial charge in [-0.25, -0.2) is 9.97 Å². The maximum absolute atomic E-state index is 13.0. The third-order valence-corrected chi connectivity index (χ3v) is 5.50. The minimum absolute atomic E-state index is 0.175. The molecule has 1 aliphatic rings. The number of thiophene rings is 1. The van der Waals surface area contributed by atoms with Crippen molar-refractivity contribution < 1.29 is 9.32 Å². The second kappa shape index (κ2) is 6.97. The van der Waals surface area contributed by atoms with Crippen LogP contribution in [0.3, 0.4) is 0 Å². The SMILES string of the molecule is O=C(c1cc(-c2cccs2)on1)N1CCCC1c1nc(-c2cnccn2)n[nH]1. The first-order chi connectivity index (χ1) is 13.8. The number of rotatable bonds is 4. The number of carbonyl (C=O) groups excluding carboxylic acids is 1. The van der Waals surface area contributed by atoms with Gasteiger partial charge in [-0.3, -0.25) is 14.9 Å². The molecule has 0 radical (unpaired) electrons. The fourth-order valence-corrected chi connectivity index (χ4v) is 3.98. The zero-order chi connectivity index (χ0) is 18.9. The topological polar surface area (TPSA) is 114 Å². The summed E-state index contributed by atoms with van der Waals surface area (Å²) in [5, 5.41) is 13.1. The second-order valence-corrected chi connectivity index (χ2v) is 7.29. The van der Waals surface area contributed by atoms with Gasteiger partial charge in [0.15, 0.2) is 11.5 Å². The molecule has 0 spiro atoms. The molecule has 1 atom stereocenters. The van der Waals surface area contributed by atoms with Gasteiger partial charge >= 0.3 is 0 Å². The van der Waals surface area contributed by atoms with Gasteiger partial charge in [-0.1, -0.05) is 11.2 Å². The van der Waals surface area contributed by atoms with Crippen LogP contribution < -0.4 is 0 Å². The third kappa shape index (κ3) is 2.97. The number of amides is 1. The molecule has 10 heteroatoms. The molecule has 9 nitrogen and oxygen atoms in total. The van der Waals surface area contributed by atoms with E-state index in [0.717, 1.165) is 17.7 Å². The monoisotopic (exact) mass is 393 g/mol. The lowest BCUT2D eigenvalue weighted by atomic mass is 10.2. The molecular formula is C18H15N7O2S. The molecule has 1 fully saturated rings. The molecule has 0 saturated carbocycles. The summed E-state index contributed by atoms with van der Waals surface area (Å²) in [6.07, 6.45) is 6.47. The number of nitrogens with zero attached hydrogens (tertiary/aromatic N) is 6. The molecule has 28 heavy (non-hydrogen) atoms. The Balaban J connectivity index is 1.38. The van der Waals surface area contributed by atoms with Crippen LogP contribution in [0.5, 0.6) is 0 Å². The summed E-state index contributed by atoms with van der Waals surface area (Å²) in [5.74, 6) is 1.52. The first-order valence-electron chi connectivity index (χ1n) is 8.80. The Labute approximate surface area is 163 Å². The molecule has 1 amide bonds. The number of aromatic amines is 1. The highest BCUT2D eigenvalue weighted by atomic mass is 32.1. The highest BCUT2D eigenvalue weighted by molar-refractivity contribution is 7.13. The fourth-order valence-electron chi connectivity index (χ4n) is 3.30. The van der Waals surface area contributed by atoms with E-state index in [1.165, 1.54) is 11.3 Å². The fraction of sp³-hybridized carbons (Fsp3) is 0.222. The summed E-state index contributed by atoms with van der Waals surface area (Å²) in [6, 6.07) is 5.36. The van der Waals surface area contributed by atoms with Crippen molar-refractivity contribution in [1.29, 1.82) is 0 Å². The molecule has 5 heterocycles. The Morgan fingerprint density at radius 2 is 2.32 bits per heavy atom. The standard InChI is InChI=1S/C18H15N7O2S/c26-18(11-9-14(27-24-11)15-4-2-8-28-15)25-7-1-3-13(25)17-21-16(22-23-17)12-10-19-5-6-20-12/h2,4-6,8-10,13H,1,3,7H2,(H,21,22,23). The molecule has 1 N–H and O–H groups in total. The maximum atomic E-state index is 13.0. The molecule has 1 aliphatic heterocycles. The average Bonchev–Trinajstić information content (AvgIpc) is 3.54. The van der Waals surface area contributed by atoms with Gasteiger partial charge in [0.25, 0.3) is 5.91 Å². The van der Waals surface area contributed by atoms with Gasteiger partial charge in [-0.05, 0) is 24.3 Å². The van der Waals surface area contributed by atoms with Crippen LogP contribution in [-0.2, 0) is 0 Å². The zero-order valence-electron chi connectivity index (χ0n) is 14.6. The van der Waals surface area contributed by atoms with E-state index >= 15 is 0 Å². The minimum Gasteiger partial charge on any atom is -0.355 e. The summed E-state index contributed by atoms with van der Waals surface area (Å²) in [6.45, 7) is 0.631. The van der Waals surface area contributed by atoms with Crippen LogP contribution >= 0.6 is 11.3 Å². The largest absolute Gasteiger partial charge is 0.355 e. The van der Waals surface area contributed by atoms with E-state index in [1.807, 2.05) is 17.5 Å². The second-order valence-electron chi connectivity index (χ2n) is 6.35. The molecule has 4 aromatic rings. The Morgan fingerprint density at radius 3 is 3.14 bits per heavy atom. The Morgan fingerprint density at radius 1 is 1.36 bits per heavy atom. The summed E-state index contributed by atoms with van der Waals surface area (Å²) in [4.78, 5) is 28.5. The molecule has 5 rings (SSSR count). The number of hydrogen-bond acceptors (Lipinski definition) is 8. The predicted octanol–water partition coefficient (Wildman–Crippen LogP) is 2.96. The molecular weight excluding hydrogens is 378 g/mol. The molecule has 1 saturated heterocycles. The Hall–Kier alpha value is -3.40. The summed E-state index contributed by atoms with van der Waals surface area (Å²) in [7, 11) is 0. The Bertz CT molecular complexity index is 1090. The predicted molar refractivity (Wildman–Crippen MR) is 100 cm³/mol. The summed E-state index contributed by atoms with van der Waals surface area (Å²) >= 11 is 1.54. The molecule has 4 aromatic heterocycles. The highest BCUT2D eigenvalue weighted by Crippen LogP contribution is 2.33. The van der Waals surface area contributed by atoms with Crippen molar-refractivity contribution in [3.63, 3.8) is 0 Å². The van der Waals surface area contributed by atoms with Crippen molar-refractivity contribution in [1.82, 2.24) is 35.2 Å². The lowest BCUT2D eigenvalue weighted by Crippen LogP contribution is -2.31. The summed E-state index contributed by atoms with van der Waals surface area (Å²) in [5.41, 5.74) is 0.877. The van der Waals surface area contributed by atoms with Crippen LogP contribution in [0.2, 0.25) is 0 Å². The van der Waals surface area contributed by atoms with Crippen molar-refractivity contribution >= 4 is 17.2 Å².